The number of ether oxygens (including phenoxy) is 1. The van der Waals surface area contributed by atoms with Crippen molar-refractivity contribution in [2.75, 3.05) is 20.2 Å². The van der Waals surface area contributed by atoms with Crippen LogP contribution in [0.2, 0.25) is 5.02 Å². The fourth-order valence-corrected chi connectivity index (χ4v) is 3.53. The number of hydrogen-bond donors (Lipinski definition) is 0. The second-order valence-electron chi connectivity index (χ2n) is 6.73. The van der Waals surface area contributed by atoms with Gasteiger partial charge in [0.2, 0.25) is 5.91 Å². The predicted molar refractivity (Wildman–Crippen MR) is 107 cm³/mol. The molecule has 0 saturated carbocycles. The van der Waals surface area contributed by atoms with Crippen molar-refractivity contribution in [3.63, 3.8) is 0 Å². The lowest BCUT2D eigenvalue weighted by atomic mass is 9.90. The van der Waals surface area contributed by atoms with Crippen molar-refractivity contribution in [2.24, 2.45) is 5.92 Å². The van der Waals surface area contributed by atoms with Crippen LogP contribution in [0.25, 0.3) is 6.08 Å². The topological polar surface area (TPSA) is 46.6 Å². The van der Waals surface area contributed by atoms with Crippen molar-refractivity contribution in [1.82, 2.24) is 4.90 Å². The summed E-state index contributed by atoms with van der Waals surface area (Å²) in [5, 5.41) is 0.602. The highest BCUT2D eigenvalue weighted by atomic mass is 35.5. The summed E-state index contributed by atoms with van der Waals surface area (Å²) in [6.07, 6.45) is 4.60. The van der Waals surface area contributed by atoms with Crippen molar-refractivity contribution in [1.29, 1.82) is 0 Å². The van der Waals surface area contributed by atoms with Crippen LogP contribution in [0, 0.1) is 11.7 Å². The number of ketones is 1. The van der Waals surface area contributed by atoms with Crippen molar-refractivity contribution in [3.05, 3.63) is 70.5 Å². The van der Waals surface area contributed by atoms with E-state index < -0.39 is 5.82 Å². The van der Waals surface area contributed by atoms with Crippen molar-refractivity contribution in [3.8, 4) is 5.75 Å². The van der Waals surface area contributed by atoms with Gasteiger partial charge in [-0.3, -0.25) is 9.59 Å². The first kappa shape index (κ1) is 20.1. The number of nitrogens with zero attached hydrogens (tertiary/aromatic N) is 1. The zero-order valence-electron chi connectivity index (χ0n) is 15.5. The van der Waals surface area contributed by atoms with E-state index in [4.69, 9.17) is 16.3 Å². The molecule has 146 valence electrons. The van der Waals surface area contributed by atoms with E-state index in [1.54, 1.807) is 29.2 Å². The van der Waals surface area contributed by atoms with E-state index in [0.29, 0.717) is 30.1 Å². The Labute approximate surface area is 168 Å². The van der Waals surface area contributed by atoms with Gasteiger partial charge in [-0.05, 0) is 54.8 Å². The van der Waals surface area contributed by atoms with Crippen molar-refractivity contribution >= 4 is 29.4 Å². The molecule has 0 aromatic heterocycles. The van der Waals surface area contributed by atoms with E-state index >= 15 is 0 Å². The van der Waals surface area contributed by atoms with Crippen LogP contribution in [0.3, 0.4) is 0 Å². The first-order valence-electron chi connectivity index (χ1n) is 9.08. The zero-order valence-corrected chi connectivity index (χ0v) is 16.3. The molecule has 1 heterocycles. The van der Waals surface area contributed by atoms with Crippen LogP contribution in [0.5, 0.6) is 5.75 Å². The number of halogens is 2. The van der Waals surface area contributed by atoms with Gasteiger partial charge in [-0.2, -0.15) is 0 Å². The SMILES string of the molecule is COc1ccc(C(=O)[C@H]2CCCN(C(=O)/C=C/c3cccc(Cl)c3)C2)cc1F. The third-order valence-corrected chi connectivity index (χ3v) is 5.04. The Hall–Kier alpha value is -2.66. The zero-order chi connectivity index (χ0) is 20.1. The molecule has 1 aliphatic heterocycles. The summed E-state index contributed by atoms with van der Waals surface area (Å²) in [6, 6.07) is 11.4. The lowest BCUT2D eigenvalue weighted by Crippen LogP contribution is -2.41. The number of carbonyl (C=O) groups is 2. The Morgan fingerprint density at radius 2 is 2.07 bits per heavy atom. The van der Waals surface area contributed by atoms with E-state index in [-0.39, 0.29) is 23.4 Å². The first-order chi connectivity index (χ1) is 13.5. The van der Waals surface area contributed by atoms with Gasteiger partial charge < -0.3 is 9.64 Å². The maximum atomic E-state index is 13.9. The highest BCUT2D eigenvalue weighted by molar-refractivity contribution is 6.30. The average molecular weight is 402 g/mol. The Kier molecular flexibility index (Phi) is 6.47. The molecule has 2 aromatic carbocycles. The van der Waals surface area contributed by atoms with Crippen molar-refractivity contribution < 1.29 is 18.7 Å². The van der Waals surface area contributed by atoms with Crippen LogP contribution in [-0.2, 0) is 4.79 Å². The average Bonchev–Trinajstić information content (AvgIpc) is 2.71. The number of rotatable bonds is 5. The van der Waals surface area contributed by atoms with E-state index in [1.807, 2.05) is 12.1 Å². The Bertz CT molecular complexity index is 912. The summed E-state index contributed by atoms with van der Waals surface area (Å²) in [5.74, 6) is -1.12. The molecule has 0 aliphatic carbocycles. The minimum absolute atomic E-state index is 0.100. The van der Waals surface area contributed by atoms with E-state index in [9.17, 15) is 14.0 Å². The molecular formula is C22H21ClFNO3. The van der Waals surface area contributed by atoms with Gasteiger partial charge in [0.15, 0.2) is 17.3 Å². The minimum Gasteiger partial charge on any atom is -0.494 e. The Morgan fingerprint density at radius 3 is 2.79 bits per heavy atom. The Balaban J connectivity index is 1.67. The second kappa shape index (κ2) is 9.02. The molecule has 1 atom stereocenters. The normalized spacial score (nSPS) is 17.0. The van der Waals surface area contributed by atoms with Gasteiger partial charge in [-0.25, -0.2) is 4.39 Å². The van der Waals surface area contributed by atoms with Gasteiger partial charge in [0.1, 0.15) is 0 Å². The summed E-state index contributed by atoms with van der Waals surface area (Å²) < 4.78 is 18.8. The van der Waals surface area contributed by atoms with Crippen LogP contribution in [-0.4, -0.2) is 36.8 Å². The summed E-state index contributed by atoms with van der Waals surface area (Å²) in [6.45, 7) is 0.921. The molecule has 1 amide bonds. The van der Waals surface area contributed by atoms with E-state index in [0.717, 1.165) is 12.0 Å². The van der Waals surface area contributed by atoms with E-state index in [2.05, 4.69) is 0 Å². The fraction of sp³-hybridized carbons (Fsp3) is 0.273. The smallest absolute Gasteiger partial charge is 0.246 e. The van der Waals surface area contributed by atoms with Crippen molar-refractivity contribution in [2.45, 2.75) is 12.8 Å². The maximum absolute atomic E-state index is 13.9. The molecule has 6 heteroatoms. The maximum Gasteiger partial charge on any atom is 0.246 e. The fourth-order valence-electron chi connectivity index (χ4n) is 3.33. The number of piperidine rings is 1. The number of likely N-dealkylation sites (tertiary alicyclic amines) is 1. The lowest BCUT2D eigenvalue weighted by Gasteiger charge is -2.31. The highest BCUT2D eigenvalue weighted by Gasteiger charge is 2.28. The summed E-state index contributed by atoms with van der Waals surface area (Å²) in [4.78, 5) is 26.9. The number of methoxy groups -OCH3 is 1. The largest absolute Gasteiger partial charge is 0.494 e. The summed E-state index contributed by atoms with van der Waals surface area (Å²) >= 11 is 5.95. The van der Waals surface area contributed by atoms with Crippen LogP contribution >= 0.6 is 11.6 Å². The lowest BCUT2D eigenvalue weighted by molar-refractivity contribution is -0.127. The van der Waals surface area contributed by atoms with E-state index in [1.165, 1.54) is 25.3 Å². The standard InChI is InChI=1S/C22H21ClFNO3/c1-28-20-9-8-16(13-19(20)24)22(27)17-5-3-11-25(14-17)21(26)10-7-15-4-2-6-18(23)12-15/h2,4,6-10,12-13,17H,3,5,11,14H2,1H3/b10-7+/t17-/m0/s1. The molecule has 1 saturated heterocycles. The number of Topliss-reactive ketones (excluding diaryl/α,β-unsaturated/α-hetero) is 1. The number of benzene rings is 2. The molecule has 0 N–H and O–H groups in total. The van der Waals surface area contributed by atoms with Gasteiger partial charge in [0.05, 0.1) is 7.11 Å². The monoisotopic (exact) mass is 401 g/mol. The molecule has 0 spiro atoms. The minimum atomic E-state index is -0.568. The van der Waals surface area contributed by atoms with Gasteiger partial charge in [-0.15, -0.1) is 0 Å². The molecule has 0 unspecified atom stereocenters. The molecule has 3 rings (SSSR count). The Morgan fingerprint density at radius 1 is 1.25 bits per heavy atom. The van der Waals surface area contributed by atoms with Crippen LogP contribution < -0.4 is 4.74 Å². The molecule has 28 heavy (non-hydrogen) atoms. The molecule has 0 bridgehead atoms. The van der Waals surface area contributed by atoms with Gasteiger partial charge in [-0.1, -0.05) is 23.7 Å². The molecule has 1 aliphatic rings. The number of carbonyl (C=O) groups excluding carboxylic acids is 2. The van der Waals surface area contributed by atoms with Crippen LogP contribution in [0.1, 0.15) is 28.8 Å². The molecule has 0 radical (unpaired) electrons. The highest BCUT2D eigenvalue weighted by Crippen LogP contribution is 2.24. The quantitative estimate of drug-likeness (QED) is 0.542. The van der Waals surface area contributed by atoms with Crippen LogP contribution in [0.15, 0.2) is 48.5 Å². The number of hydrogen-bond acceptors (Lipinski definition) is 3. The number of amides is 1. The third kappa shape index (κ3) is 4.78. The van der Waals surface area contributed by atoms with Gasteiger partial charge in [0, 0.05) is 35.7 Å². The van der Waals surface area contributed by atoms with Gasteiger partial charge >= 0.3 is 0 Å². The molecule has 1 fully saturated rings. The van der Waals surface area contributed by atoms with Crippen LogP contribution in [0.4, 0.5) is 4.39 Å². The predicted octanol–water partition coefficient (Wildman–Crippen LogP) is 4.62. The van der Waals surface area contributed by atoms with Gasteiger partial charge in [0.25, 0.3) is 0 Å². The first-order valence-corrected chi connectivity index (χ1v) is 9.46. The molecule has 4 nitrogen and oxygen atoms in total. The summed E-state index contributed by atoms with van der Waals surface area (Å²) in [7, 11) is 1.38. The second-order valence-corrected chi connectivity index (χ2v) is 7.16. The molecular weight excluding hydrogens is 381 g/mol. The third-order valence-electron chi connectivity index (χ3n) is 4.81. The summed E-state index contributed by atoms with van der Waals surface area (Å²) in [5.41, 5.74) is 1.13. The molecule has 2 aromatic rings.